The fourth-order valence-electron chi connectivity index (χ4n) is 3.14. The molecule has 0 aromatic carbocycles. The number of anilines is 1. The van der Waals surface area contributed by atoms with E-state index < -0.39 is 0 Å². The van der Waals surface area contributed by atoms with Gasteiger partial charge in [-0.25, -0.2) is 9.97 Å². The molecule has 124 valence electrons. The van der Waals surface area contributed by atoms with Gasteiger partial charge in [0, 0.05) is 6.54 Å². The summed E-state index contributed by atoms with van der Waals surface area (Å²) in [5.74, 6) is 0.508. The minimum atomic E-state index is -0.0432. The molecule has 1 aliphatic heterocycles. The van der Waals surface area contributed by atoms with Crippen molar-refractivity contribution in [2.75, 3.05) is 18.1 Å². The van der Waals surface area contributed by atoms with Gasteiger partial charge >= 0.3 is 0 Å². The number of hydrogen-bond donors (Lipinski definition) is 1. The first-order valence-corrected chi connectivity index (χ1v) is 9.66. The third-order valence-electron chi connectivity index (χ3n) is 4.42. The molecule has 1 fully saturated rings. The zero-order valence-electron chi connectivity index (χ0n) is 13.2. The smallest absolute Gasteiger partial charge is 0.226 e. The van der Waals surface area contributed by atoms with Gasteiger partial charge in [0.25, 0.3) is 0 Å². The molecule has 1 N–H and O–H groups in total. The van der Waals surface area contributed by atoms with Gasteiger partial charge < -0.3 is 10.0 Å². The second-order valence-electron chi connectivity index (χ2n) is 5.94. The summed E-state index contributed by atoms with van der Waals surface area (Å²) in [7, 11) is 0. The summed E-state index contributed by atoms with van der Waals surface area (Å²) in [5.41, 5.74) is 2.24. The summed E-state index contributed by atoms with van der Waals surface area (Å²) in [6.45, 7) is 2.84. The molecule has 0 radical (unpaired) electrons. The Morgan fingerprint density at radius 1 is 1.33 bits per heavy atom. The largest absolute Gasteiger partial charge is 0.394 e. The Bertz CT molecular complexity index is 902. The number of aryl methyl sites for hydroxylation is 1. The number of ketones is 1. The van der Waals surface area contributed by atoms with Gasteiger partial charge in [-0.15, -0.1) is 22.7 Å². The van der Waals surface area contributed by atoms with Crippen LogP contribution in [-0.2, 0) is 0 Å². The van der Waals surface area contributed by atoms with Crippen molar-refractivity contribution in [1.82, 2.24) is 9.97 Å². The maximum atomic E-state index is 13.0. The number of carbonyl (C=O) groups is 1. The standard InChI is InChI=1S/C17H17N3O2S2/c1-10-4-7-23-15(10)14(22)13-16-12(5-8-24-16)18-17(19-13)20-6-2-3-11(20)9-21/h4-5,7-8,11,21H,2-3,6,9H2,1H3/t11-/m1/s1. The minimum Gasteiger partial charge on any atom is -0.394 e. The zero-order chi connectivity index (χ0) is 16.7. The van der Waals surface area contributed by atoms with E-state index in [4.69, 9.17) is 0 Å². The molecule has 0 unspecified atom stereocenters. The lowest BCUT2D eigenvalue weighted by molar-refractivity contribution is 0.103. The van der Waals surface area contributed by atoms with E-state index in [1.54, 1.807) is 0 Å². The Kier molecular flexibility index (Phi) is 4.07. The van der Waals surface area contributed by atoms with Crippen LogP contribution in [0.2, 0.25) is 0 Å². The highest BCUT2D eigenvalue weighted by Crippen LogP contribution is 2.30. The van der Waals surface area contributed by atoms with Crippen LogP contribution in [-0.4, -0.2) is 40.1 Å². The second kappa shape index (κ2) is 6.23. The fraction of sp³-hybridized carbons (Fsp3) is 0.353. The second-order valence-corrected chi connectivity index (χ2v) is 7.77. The van der Waals surface area contributed by atoms with Crippen molar-refractivity contribution in [2.24, 2.45) is 0 Å². The van der Waals surface area contributed by atoms with Crippen LogP contribution in [0.3, 0.4) is 0 Å². The van der Waals surface area contributed by atoms with E-state index in [-0.39, 0.29) is 18.4 Å². The first-order valence-electron chi connectivity index (χ1n) is 7.90. The highest BCUT2D eigenvalue weighted by atomic mass is 32.1. The monoisotopic (exact) mass is 359 g/mol. The summed E-state index contributed by atoms with van der Waals surface area (Å²) in [6.07, 6.45) is 1.93. The normalized spacial score (nSPS) is 17.8. The molecule has 0 aliphatic carbocycles. The lowest BCUT2D eigenvalue weighted by Crippen LogP contribution is -2.33. The van der Waals surface area contributed by atoms with E-state index in [1.165, 1.54) is 22.7 Å². The zero-order valence-corrected chi connectivity index (χ0v) is 14.9. The average Bonchev–Trinajstić information content (AvgIpc) is 3.32. The van der Waals surface area contributed by atoms with Gasteiger partial charge in [-0.1, -0.05) is 0 Å². The van der Waals surface area contributed by atoms with Crippen molar-refractivity contribution in [1.29, 1.82) is 0 Å². The van der Waals surface area contributed by atoms with Crippen LogP contribution in [0.4, 0.5) is 5.95 Å². The van der Waals surface area contributed by atoms with Crippen molar-refractivity contribution >= 4 is 44.6 Å². The number of hydrogen-bond acceptors (Lipinski definition) is 7. The van der Waals surface area contributed by atoms with Crippen LogP contribution >= 0.6 is 22.7 Å². The van der Waals surface area contributed by atoms with Crippen molar-refractivity contribution in [3.05, 3.63) is 39.0 Å². The minimum absolute atomic E-state index is 0.0347. The molecular formula is C17H17N3O2S2. The predicted molar refractivity (Wildman–Crippen MR) is 97.4 cm³/mol. The number of thiophene rings is 2. The third-order valence-corrected chi connectivity index (χ3v) is 6.35. The molecular weight excluding hydrogens is 342 g/mol. The number of aliphatic hydroxyl groups excluding tert-OH is 1. The molecule has 1 atom stereocenters. The summed E-state index contributed by atoms with van der Waals surface area (Å²) in [6, 6.07) is 3.91. The van der Waals surface area contributed by atoms with E-state index in [2.05, 4.69) is 9.97 Å². The molecule has 4 rings (SSSR count). The number of aromatic nitrogens is 2. The highest BCUT2D eigenvalue weighted by molar-refractivity contribution is 7.17. The summed E-state index contributed by atoms with van der Waals surface area (Å²) in [4.78, 5) is 25.0. The van der Waals surface area contributed by atoms with E-state index in [0.29, 0.717) is 11.6 Å². The average molecular weight is 359 g/mol. The topological polar surface area (TPSA) is 66.3 Å². The van der Waals surface area contributed by atoms with Gasteiger partial charge in [0.05, 0.1) is 27.7 Å². The molecule has 0 saturated carbocycles. The molecule has 1 saturated heterocycles. The highest BCUT2D eigenvalue weighted by Gasteiger charge is 2.28. The Balaban J connectivity index is 1.84. The summed E-state index contributed by atoms with van der Waals surface area (Å²) < 4.78 is 0.830. The molecule has 0 bridgehead atoms. The summed E-state index contributed by atoms with van der Waals surface area (Å²) >= 11 is 2.94. The van der Waals surface area contributed by atoms with E-state index in [0.717, 1.165) is 40.0 Å². The maximum absolute atomic E-state index is 13.0. The fourth-order valence-corrected chi connectivity index (χ4v) is 4.82. The number of fused-ring (bicyclic) bond motifs is 1. The van der Waals surface area contributed by atoms with Crippen molar-refractivity contribution in [3.8, 4) is 0 Å². The van der Waals surface area contributed by atoms with Crippen LogP contribution in [0.25, 0.3) is 10.2 Å². The van der Waals surface area contributed by atoms with E-state index in [1.807, 2.05) is 34.7 Å². The lowest BCUT2D eigenvalue weighted by Gasteiger charge is -2.23. The van der Waals surface area contributed by atoms with Crippen LogP contribution in [0, 0.1) is 6.92 Å². The number of nitrogens with zero attached hydrogens (tertiary/aromatic N) is 3. The Morgan fingerprint density at radius 2 is 2.17 bits per heavy atom. The van der Waals surface area contributed by atoms with Gasteiger partial charge in [-0.05, 0) is 48.2 Å². The van der Waals surface area contributed by atoms with Crippen LogP contribution < -0.4 is 4.90 Å². The van der Waals surface area contributed by atoms with Gasteiger partial charge in [0.15, 0.2) is 0 Å². The third kappa shape index (κ3) is 2.53. The van der Waals surface area contributed by atoms with Gasteiger partial charge in [-0.2, -0.15) is 0 Å². The quantitative estimate of drug-likeness (QED) is 0.724. The molecule has 7 heteroatoms. The van der Waals surface area contributed by atoms with Crippen molar-refractivity contribution in [2.45, 2.75) is 25.8 Å². The SMILES string of the molecule is Cc1ccsc1C(=O)c1nc(N2CCC[C@@H]2CO)nc2ccsc12. The molecule has 0 amide bonds. The molecule has 5 nitrogen and oxygen atoms in total. The van der Waals surface area contributed by atoms with E-state index >= 15 is 0 Å². The number of carbonyl (C=O) groups excluding carboxylic acids is 1. The van der Waals surface area contributed by atoms with Crippen molar-refractivity contribution in [3.63, 3.8) is 0 Å². The van der Waals surface area contributed by atoms with Crippen molar-refractivity contribution < 1.29 is 9.90 Å². The first-order chi connectivity index (χ1) is 11.7. The van der Waals surface area contributed by atoms with Gasteiger partial charge in [-0.3, -0.25) is 4.79 Å². The Labute approximate surface area is 147 Å². The first kappa shape index (κ1) is 15.7. The van der Waals surface area contributed by atoms with Gasteiger partial charge in [0.1, 0.15) is 5.69 Å². The van der Waals surface area contributed by atoms with Crippen LogP contribution in [0.15, 0.2) is 22.9 Å². The molecule has 0 spiro atoms. The van der Waals surface area contributed by atoms with E-state index in [9.17, 15) is 9.90 Å². The molecule has 4 heterocycles. The summed E-state index contributed by atoms with van der Waals surface area (Å²) in [5, 5.41) is 13.4. The Hall–Kier alpha value is -1.83. The molecule has 3 aromatic rings. The lowest BCUT2D eigenvalue weighted by atomic mass is 10.1. The van der Waals surface area contributed by atoms with Gasteiger partial charge in [0.2, 0.25) is 11.7 Å². The predicted octanol–water partition coefficient (Wildman–Crippen LogP) is 3.25. The van der Waals surface area contributed by atoms with Crippen LogP contribution in [0.5, 0.6) is 0 Å². The molecule has 1 aliphatic rings. The number of rotatable bonds is 4. The molecule has 24 heavy (non-hydrogen) atoms. The van der Waals surface area contributed by atoms with Crippen LogP contribution in [0.1, 0.15) is 33.8 Å². The molecule has 3 aromatic heterocycles. The number of aliphatic hydroxyl groups is 1. The Morgan fingerprint density at radius 3 is 2.92 bits per heavy atom. The maximum Gasteiger partial charge on any atom is 0.226 e.